The van der Waals surface area contributed by atoms with Crippen LogP contribution in [0, 0.1) is 11.8 Å². The fourth-order valence-electron chi connectivity index (χ4n) is 1.68. The van der Waals surface area contributed by atoms with Crippen LogP contribution >= 0.6 is 0 Å². The summed E-state index contributed by atoms with van der Waals surface area (Å²) in [5, 5.41) is 8.71. The highest BCUT2D eigenvalue weighted by Gasteiger charge is 2.26. The van der Waals surface area contributed by atoms with Gasteiger partial charge in [0.2, 0.25) is 0 Å². The van der Waals surface area contributed by atoms with Crippen LogP contribution < -0.4 is 0 Å². The van der Waals surface area contributed by atoms with Crippen molar-refractivity contribution < 1.29 is 9.90 Å². The maximum atomic E-state index is 10.6. The number of carboxylic acids is 1. The second-order valence-electron chi connectivity index (χ2n) is 3.21. The summed E-state index contributed by atoms with van der Waals surface area (Å²) in [5.74, 6) is -0.271. The van der Waals surface area contributed by atoms with Gasteiger partial charge in [0, 0.05) is 0 Å². The van der Waals surface area contributed by atoms with E-state index in [9.17, 15) is 4.79 Å². The third-order valence-corrected chi connectivity index (χ3v) is 2.43. The summed E-state index contributed by atoms with van der Waals surface area (Å²) in [4.78, 5) is 10.6. The minimum Gasteiger partial charge on any atom is -0.481 e. The third kappa shape index (κ3) is 6.01. The predicted molar refractivity (Wildman–Crippen MR) is 61.5 cm³/mol. The molecule has 1 rings (SSSR count). The molecular formula is C12H26O2. The van der Waals surface area contributed by atoms with Gasteiger partial charge in [0.1, 0.15) is 0 Å². The van der Waals surface area contributed by atoms with E-state index >= 15 is 0 Å². The minimum atomic E-state index is -0.604. The van der Waals surface area contributed by atoms with Crippen molar-refractivity contribution in [1.82, 2.24) is 0 Å². The number of aliphatic carboxylic acids is 1. The molecular weight excluding hydrogens is 176 g/mol. The molecule has 0 aliphatic heterocycles. The molecule has 0 heterocycles. The van der Waals surface area contributed by atoms with Crippen LogP contribution in [0.15, 0.2) is 0 Å². The van der Waals surface area contributed by atoms with Crippen molar-refractivity contribution in [3.63, 3.8) is 0 Å². The zero-order valence-electron chi connectivity index (χ0n) is 10.3. The van der Waals surface area contributed by atoms with Gasteiger partial charge in [-0.05, 0) is 18.8 Å². The number of hydrogen-bond donors (Lipinski definition) is 1. The average Bonchev–Trinajstić information content (AvgIpc) is 2.24. The molecule has 0 aromatic rings. The third-order valence-electron chi connectivity index (χ3n) is 2.43. The molecule has 2 nitrogen and oxygen atoms in total. The summed E-state index contributed by atoms with van der Waals surface area (Å²) in [7, 11) is 0. The molecule has 0 amide bonds. The summed E-state index contributed by atoms with van der Waals surface area (Å²) in [6.07, 6.45) is 4.29. The molecule has 0 aromatic carbocycles. The Hall–Kier alpha value is -0.530. The zero-order valence-corrected chi connectivity index (χ0v) is 10.3. The van der Waals surface area contributed by atoms with E-state index in [-0.39, 0.29) is 5.92 Å². The molecule has 1 fully saturated rings. The molecule has 0 bridgehead atoms. The van der Waals surface area contributed by atoms with E-state index in [0.29, 0.717) is 5.92 Å². The van der Waals surface area contributed by atoms with E-state index in [1.165, 1.54) is 6.42 Å². The van der Waals surface area contributed by atoms with Gasteiger partial charge in [0.15, 0.2) is 0 Å². The van der Waals surface area contributed by atoms with E-state index in [1.807, 2.05) is 34.6 Å². The highest BCUT2D eigenvalue weighted by atomic mass is 16.4. The largest absolute Gasteiger partial charge is 0.481 e. The lowest BCUT2D eigenvalue weighted by Gasteiger charge is -2.24. The Bertz CT molecular complexity index is 132. The first-order valence-electron chi connectivity index (χ1n) is 5.94. The Morgan fingerprint density at radius 2 is 1.50 bits per heavy atom. The van der Waals surface area contributed by atoms with E-state index in [2.05, 4.69) is 0 Å². The minimum absolute atomic E-state index is 0.0613. The zero-order chi connectivity index (χ0) is 11.6. The van der Waals surface area contributed by atoms with E-state index in [1.54, 1.807) is 0 Å². The van der Waals surface area contributed by atoms with Crippen molar-refractivity contribution in [1.29, 1.82) is 0 Å². The van der Waals surface area contributed by atoms with Gasteiger partial charge in [-0.1, -0.05) is 47.5 Å². The molecule has 1 N–H and O–H groups in total. The van der Waals surface area contributed by atoms with Crippen molar-refractivity contribution in [2.45, 2.75) is 60.3 Å². The maximum absolute atomic E-state index is 10.6. The summed E-state index contributed by atoms with van der Waals surface area (Å²) in [6, 6.07) is 0. The van der Waals surface area contributed by atoms with Crippen LogP contribution in [-0.4, -0.2) is 11.1 Å². The van der Waals surface area contributed by atoms with E-state index in [0.717, 1.165) is 19.3 Å². The number of carbonyl (C=O) groups is 1. The molecule has 1 aliphatic rings. The smallest absolute Gasteiger partial charge is 0.306 e. The summed E-state index contributed by atoms with van der Waals surface area (Å²) in [5.41, 5.74) is 0. The van der Waals surface area contributed by atoms with Gasteiger partial charge < -0.3 is 5.11 Å². The summed E-state index contributed by atoms with van der Waals surface area (Å²) in [6.45, 7) is 10.0. The van der Waals surface area contributed by atoms with Gasteiger partial charge in [0.05, 0.1) is 5.92 Å². The quantitative estimate of drug-likeness (QED) is 0.699. The maximum Gasteiger partial charge on any atom is 0.306 e. The van der Waals surface area contributed by atoms with Gasteiger partial charge in [-0.25, -0.2) is 0 Å². The van der Waals surface area contributed by atoms with Crippen molar-refractivity contribution in [2.24, 2.45) is 11.8 Å². The molecule has 1 aliphatic carbocycles. The Balaban J connectivity index is 0. The number of rotatable bonds is 1. The second-order valence-corrected chi connectivity index (χ2v) is 3.21. The van der Waals surface area contributed by atoms with Gasteiger partial charge in [-0.2, -0.15) is 0 Å². The predicted octanol–water partition coefficient (Wildman–Crippen LogP) is 3.95. The molecule has 0 saturated heterocycles. The van der Waals surface area contributed by atoms with Gasteiger partial charge in [0.25, 0.3) is 0 Å². The molecule has 0 spiro atoms. The first-order valence-corrected chi connectivity index (χ1v) is 5.94. The summed E-state index contributed by atoms with van der Waals surface area (Å²) < 4.78 is 0. The van der Waals surface area contributed by atoms with Crippen molar-refractivity contribution in [2.75, 3.05) is 0 Å². The normalized spacial score (nSPS) is 24.9. The Kier molecular flexibility index (Phi) is 12.0. The van der Waals surface area contributed by atoms with Crippen LogP contribution in [0.5, 0.6) is 0 Å². The molecule has 86 valence electrons. The Morgan fingerprint density at radius 3 is 1.79 bits per heavy atom. The van der Waals surface area contributed by atoms with Crippen LogP contribution in [0.1, 0.15) is 60.3 Å². The fourth-order valence-corrected chi connectivity index (χ4v) is 1.68. The van der Waals surface area contributed by atoms with Crippen LogP contribution in [0.2, 0.25) is 0 Å². The lowest BCUT2D eigenvalue weighted by molar-refractivity contribution is -0.144. The summed E-state index contributed by atoms with van der Waals surface area (Å²) >= 11 is 0. The Morgan fingerprint density at radius 1 is 1.07 bits per heavy atom. The topological polar surface area (TPSA) is 37.3 Å². The van der Waals surface area contributed by atoms with E-state index in [4.69, 9.17) is 5.11 Å². The SMILES string of the molecule is CC.CC.CC1CCCCC1C(=O)O. The highest BCUT2D eigenvalue weighted by Crippen LogP contribution is 2.29. The number of carboxylic acid groups (broad SMARTS) is 1. The average molecular weight is 202 g/mol. The lowest BCUT2D eigenvalue weighted by atomic mass is 9.81. The Labute approximate surface area is 88.7 Å². The van der Waals surface area contributed by atoms with Gasteiger partial charge in [-0.3, -0.25) is 4.79 Å². The first-order chi connectivity index (χ1) is 6.72. The highest BCUT2D eigenvalue weighted by molar-refractivity contribution is 5.70. The van der Waals surface area contributed by atoms with Crippen molar-refractivity contribution in [3.8, 4) is 0 Å². The van der Waals surface area contributed by atoms with Crippen LogP contribution in [0.4, 0.5) is 0 Å². The molecule has 2 unspecified atom stereocenters. The second kappa shape index (κ2) is 10.6. The van der Waals surface area contributed by atoms with Gasteiger partial charge in [-0.15, -0.1) is 0 Å². The van der Waals surface area contributed by atoms with Crippen molar-refractivity contribution in [3.05, 3.63) is 0 Å². The molecule has 1 saturated carbocycles. The van der Waals surface area contributed by atoms with Gasteiger partial charge >= 0.3 is 5.97 Å². The lowest BCUT2D eigenvalue weighted by Crippen LogP contribution is -2.24. The molecule has 0 aromatic heterocycles. The molecule has 14 heavy (non-hydrogen) atoms. The fraction of sp³-hybridized carbons (Fsp3) is 0.917. The van der Waals surface area contributed by atoms with Crippen LogP contribution in [-0.2, 0) is 4.79 Å². The monoisotopic (exact) mass is 202 g/mol. The molecule has 0 radical (unpaired) electrons. The number of hydrogen-bond acceptors (Lipinski definition) is 1. The van der Waals surface area contributed by atoms with Crippen LogP contribution in [0.25, 0.3) is 0 Å². The molecule has 2 heteroatoms. The van der Waals surface area contributed by atoms with Crippen LogP contribution in [0.3, 0.4) is 0 Å². The molecule has 2 atom stereocenters. The van der Waals surface area contributed by atoms with Crippen molar-refractivity contribution >= 4 is 5.97 Å². The standard InChI is InChI=1S/C8H14O2.2C2H6/c1-6-4-2-3-5-7(6)8(9)10;2*1-2/h6-7H,2-5H2,1H3,(H,9,10);2*1-2H3. The van der Waals surface area contributed by atoms with E-state index < -0.39 is 5.97 Å². The first kappa shape index (κ1) is 15.9.